The Morgan fingerprint density at radius 1 is 0.814 bits per heavy atom. The number of rotatable bonds is 12. The number of benzene rings is 4. The van der Waals surface area contributed by atoms with Crippen LogP contribution < -0.4 is 0 Å². The first-order valence-corrected chi connectivity index (χ1v) is 14.9. The van der Waals surface area contributed by atoms with Crippen molar-refractivity contribution in [2.45, 2.75) is 54.8 Å². The molecule has 220 valence electrons. The second-order valence-electron chi connectivity index (χ2n) is 10.2. The van der Waals surface area contributed by atoms with Crippen molar-refractivity contribution in [3.05, 3.63) is 148 Å². The number of nitrogens with zero attached hydrogens (tertiary/aromatic N) is 3. The zero-order valence-corrected chi connectivity index (χ0v) is 24.6. The molecule has 0 amide bonds. The van der Waals surface area contributed by atoms with Crippen molar-refractivity contribution in [2.75, 3.05) is 6.61 Å². The standard InChI is InChI=1S/C34H33N3O5S/c1-24-17-19-28(20-18-24)43-34-30(36-37-35)32(40-22-26-13-7-3-8-14-26)31(39-21-25-11-5-2-6-12-25)29(42-34)23-41-33(38)27-15-9-4-10-16-27/h2-20,29-32,34H,21-23H2,1H3. The van der Waals surface area contributed by atoms with Gasteiger partial charge in [0.05, 0.1) is 24.9 Å². The van der Waals surface area contributed by atoms with E-state index in [4.69, 9.17) is 18.9 Å². The molecule has 1 aliphatic heterocycles. The smallest absolute Gasteiger partial charge is 0.338 e. The topological polar surface area (TPSA) is 103 Å². The third-order valence-corrected chi connectivity index (χ3v) is 8.20. The minimum atomic E-state index is -0.734. The van der Waals surface area contributed by atoms with Crippen LogP contribution in [0.25, 0.3) is 10.4 Å². The highest BCUT2D eigenvalue weighted by molar-refractivity contribution is 7.99. The number of hydrogen-bond acceptors (Lipinski definition) is 7. The quantitative estimate of drug-likeness (QED) is 0.0726. The summed E-state index contributed by atoms with van der Waals surface area (Å²) in [5, 5.41) is 4.18. The van der Waals surface area contributed by atoms with E-state index in [0.29, 0.717) is 5.56 Å². The number of hydrogen-bond donors (Lipinski definition) is 0. The van der Waals surface area contributed by atoms with Crippen molar-refractivity contribution in [2.24, 2.45) is 5.11 Å². The van der Waals surface area contributed by atoms with Gasteiger partial charge in [0.25, 0.3) is 0 Å². The van der Waals surface area contributed by atoms with Gasteiger partial charge in [-0.25, -0.2) is 4.79 Å². The van der Waals surface area contributed by atoms with E-state index in [2.05, 4.69) is 10.0 Å². The molecule has 5 rings (SSSR count). The van der Waals surface area contributed by atoms with Gasteiger partial charge in [-0.3, -0.25) is 0 Å². The van der Waals surface area contributed by atoms with E-state index in [0.717, 1.165) is 21.6 Å². The molecule has 5 unspecified atom stereocenters. The molecule has 0 saturated carbocycles. The highest BCUT2D eigenvalue weighted by Gasteiger charge is 2.48. The Morgan fingerprint density at radius 3 is 1.95 bits per heavy atom. The number of aryl methyl sites for hydroxylation is 1. The Kier molecular flexibility index (Phi) is 10.9. The molecule has 5 atom stereocenters. The summed E-state index contributed by atoms with van der Waals surface area (Å²) >= 11 is 1.43. The lowest BCUT2D eigenvalue weighted by Crippen LogP contribution is -2.59. The van der Waals surface area contributed by atoms with Crippen LogP contribution >= 0.6 is 11.8 Å². The van der Waals surface area contributed by atoms with Crippen molar-refractivity contribution in [1.82, 2.24) is 0 Å². The molecule has 9 heteroatoms. The van der Waals surface area contributed by atoms with Crippen LogP contribution in [0.2, 0.25) is 0 Å². The summed E-state index contributed by atoms with van der Waals surface area (Å²) in [5.41, 5.74) is 12.5. The summed E-state index contributed by atoms with van der Waals surface area (Å²) in [5.74, 6) is -0.465. The molecule has 4 aromatic carbocycles. The minimum absolute atomic E-state index is 0.0771. The molecule has 1 fully saturated rings. The van der Waals surface area contributed by atoms with Gasteiger partial charge in [0.2, 0.25) is 0 Å². The number of azide groups is 1. The summed E-state index contributed by atoms with van der Waals surface area (Å²) in [6, 6.07) is 35.6. The van der Waals surface area contributed by atoms with Gasteiger partial charge in [-0.05, 0) is 47.8 Å². The average Bonchev–Trinajstić information content (AvgIpc) is 3.05. The first-order chi connectivity index (χ1) is 21.1. The Labute approximate surface area is 255 Å². The fraction of sp³-hybridized carbons (Fsp3) is 0.265. The van der Waals surface area contributed by atoms with E-state index in [9.17, 15) is 10.3 Å². The van der Waals surface area contributed by atoms with Crippen LogP contribution in [-0.4, -0.2) is 42.4 Å². The summed E-state index contributed by atoms with van der Waals surface area (Å²) < 4.78 is 25.3. The maximum atomic E-state index is 12.9. The maximum absolute atomic E-state index is 12.9. The van der Waals surface area contributed by atoms with Gasteiger partial charge < -0.3 is 18.9 Å². The highest BCUT2D eigenvalue weighted by atomic mass is 32.2. The first-order valence-electron chi connectivity index (χ1n) is 14.1. The summed E-state index contributed by atoms with van der Waals surface area (Å²) in [4.78, 5) is 17.0. The zero-order chi connectivity index (χ0) is 29.9. The van der Waals surface area contributed by atoms with Crippen molar-refractivity contribution >= 4 is 17.7 Å². The zero-order valence-electron chi connectivity index (χ0n) is 23.8. The molecule has 1 aliphatic rings. The summed E-state index contributed by atoms with van der Waals surface area (Å²) in [6.07, 6.45) is -2.11. The van der Waals surface area contributed by atoms with Gasteiger partial charge in [0, 0.05) is 9.81 Å². The van der Waals surface area contributed by atoms with Crippen molar-refractivity contribution in [1.29, 1.82) is 0 Å². The van der Waals surface area contributed by atoms with Gasteiger partial charge in [-0.1, -0.05) is 113 Å². The molecule has 0 aromatic heterocycles. The molecule has 0 N–H and O–H groups in total. The maximum Gasteiger partial charge on any atom is 0.338 e. The Morgan fingerprint density at radius 2 is 1.37 bits per heavy atom. The Hall–Kier alpha value is -4.11. The van der Waals surface area contributed by atoms with Crippen LogP contribution in [0.1, 0.15) is 27.0 Å². The molecule has 0 aliphatic carbocycles. The lowest BCUT2D eigenvalue weighted by atomic mass is 9.97. The van der Waals surface area contributed by atoms with Crippen LogP contribution in [0.3, 0.4) is 0 Å². The van der Waals surface area contributed by atoms with E-state index in [1.54, 1.807) is 24.3 Å². The molecular formula is C34H33N3O5S. The SMILES string of the molecule is Cc1ccc(SC2OC(COC(=O)c3ccccc3)C(OCc3ccccc3)C(OCc3ccccc3)C2N=[N+]=[N-])cc1. The second kappa shape index (κ2) is 15.4. The fourth-order valence-electron chi connectivity index (χ4n) is 4.80. The van der Waals surface area contributed by atoms with E-state index in [-0.39, 0.29) is 19.8 Å². The Balaban J connectivity index is 1.46. The molecule has 1 heterocycles. The number of thioether (sulfide) groups is 1. The molecule has 0 bridgehead atoms. The second-order valence-corrected chi connectivity index (χ2v) is 11.3. The van der Waals surface area contributed by atoms with Crippen molar-refractivity contribution in [3.8, 4) is 0 Å². The molecule has 0 spiro atoms. The predicted octanol–water partition coefficient (Wildman–Crippen LogP) is 7.52. The largest absolute Gasteiger partial charge is 0.459 e. The van der Waals surface area contributed by atoms with Gasteiger partial charge in [0.15, 0.2) is 0 Å². The number of carbonyl (C=O) groups is 1. The molecule has 0 radical (unpaired) electrons. The third kappa shape index (κ3) is 8.47. The molecule has 4 aromatic rings. The molecule has 8 nitrogen and oxygen atoms in total. The monoisotopic (exact) mass is 595 g/mol. The van der Waals surface area contributed by atoms with Crippen LogP contribution in [0, 0.1) is 6.92 Å². The molecule has 1 saturated heterocycles. The van der Waals surface area contributed by atoms with E-state index < -0.39 is 35.8 Å². The highest BCUT2D eigenvalue weighted by Crippen LogP contribution is 2.38. The van der Waals surface area contributed by atoms with Gasteiger partial charge in [0.1, 0.15) is 30.3 Å². The van der Waals surface area contributed by atoms with Gasteiger partial charge in [-0.15, -0.1) is 0 Å². The van der Waals surface area contributed by atoms with Crippen LogP contribution in [0.4, 0.5) is 0 Å². The van der Waals surface area contributed by atoms with E-state index >= 15 is 0 Å². The summed E-state index contributed by atoms with van der Waals surface area (Å²) in [7, 11) is 0. The van der Waals surface area contributed by atoms with Crippen LogP contribution in [0.15, 0.2) is 125 Å². The van der Waals surface area contributed by atoms with Crippen LogP contribution in [-0.2, 0) is 32.2 Å². The molecule has 43 heavy (non-hydrogen) atoms. The predicted molar refractivity (Wildman–Crippen MR) is 165 cm³/mol. The normalized spacial score (nSPS) is 21.5. The van der Waals surface area contributed by atoms with Gasteiger partial charge >= 0.3 is 5.97 Å². The molecular weight excluding hydrogens is 562 g/mol. The Bertz CT molecular complexity index is 1490. The fourth-order valence-corrected chi connectivity index (χ4v) is 5.91. The van der Waals surface area contributed by atoms with Crippen molar-refractivity contribution in [3.63, 3.8) is 0 Å². The van der Waals surface area contributed by atoms with Crippen molar-refractivity contribution < 1.29 is 23.7 Å². The lowest BCUT2D eigenvalue weighted by Gasteiger charge is -2.44. The van der Waals surface area contributed by atoms with E-state index in [1.165, 1.54) is 11.8 Å². The number of esters is 1. The van der Waals surface area contributed by atoms with E-state index in [1.807, 2.05) is 97.9 Å². The third-order valence-electron chi connectivity index (χ3n) is 7.03. The minimum Gasteiger partial charge on any atom is -0.459 e. The first kappa shape index (κ1) is 30.4. The lowest BCUT2D eigenvalue weighted by molar-refractivity contribution is -0.206. The summed E-state index contributed by atoms with van der Waals surface area (Å²) in [6.45, 7) is 2.48. The average molecular weight is 596 g/mol. The number of ether oxygens (including phenoxy) is 4. The van der Waals surface area contributed by atoms with Crippen LogP contribution in [0.5, 0.6) is 0 Å². The number of carbonyl (C=O) groups excluding carboxylic acids is 1. The van der Waals surface area contributed by atoms with Gasteiger partial charge in [-0.2, -0.15) is 0 Å².